The van der Waals surface area contributed by atoms with Crippen LogP contribution in [0.5, 0.6) is 0 Å². The molecule has 7 aromatic rings. The predicted molar refractivity (Wildman–Crippen MR) is 207 cm³/mol. The molecule has 2 aliphatic heterocycles. The first kappa shape index (κ1) is 29.2. The molecule has 232 valence electrons. The molecule has 0 saturated heterocycles. The van der Waals surface area contributed by atoms with Crippen LogP contribution in [0.25, 0.3) is 90.9 Å². The molecule has 1 aromatic carbocycles. The van der Waals surface area contributed by atoms with Crippen LogP contribution in [0.2, 0.25) is 0 Å². The van der Waals surface area contributed by atoms with E-state index in [9.17, 15) is 0 Å². The van der Waals surface area contributed by atoms with Crippen LogP contribution in [0.4, 0.5) is 0 Å². The maximum Gasteiger partial charge on any atom is 0.0737 e. The van der Waals surface area contributed by atoms with Crippen LogP contribution in [-0.2, 0) is 0 Å². The number of nitrogens with zero attached hydrogens (tertiary/aromatic N) is 5. The number of aromatic amines is 2. The third-order valence-corrected chi connectivity index (χ3v) is 9.51. The summed E-state index contributed by atoms with van der Waals surface area (Å²) >= 11 is 2.35. The van der Waals surface area contributed by atoms with E-state index in [1.807, 2.05) is 73.6 Å². The molecular weight excluding hydrogens is 717 g/mol. The number of aromatic nitrogens is 7. The molecule has 0 aliphatic carbocycles. The normalized spacial score (nSPS) is 12.0. The summed E-state index contributed by atoms with van der Waals surface area (Å²) in [4.78, 5) is 31.1. The molecular formula is C41H26IN7. The Labute approximate surface area is 295 Å². The highest BCUT2D eigenvalue weighted by Crippen LogP contribution is 2.38. The van der Waals surface area contributed by atoms with Gasteiger partial charge in [-0.15, -0.1) is 0 Å². The molecule has 8 bridgehead atoms. The Hall–Kier alpha value is -6.00. The fourth-order valence-electron chi connectivity index (χ4n) is 6.59. The molecule has 0 atom stereocenters. The number of fused-ring (bicyclic) bond motifs is 8. The number of hydrogen-bond acceptors (Lipinski definition) is 5. The highest BCUT2D eigenvalue weighted by molar-refractivity contribution is 14.1. The summed E-state index contributed by atoms with van der Waals surface area (Å²) in [5, 5.41) is 0. The Balaban J connectivity index is 1.48. The Morgan fingerprint density at radius 3 is 0.939 bits per heavy atom. The topological polar surface area (TPSA) is 96.0 Å². The maximum absolute atomic E-state index is 5.33. The van der Waals surface area contributed by atoms with E-state index in [1.54, 1.807) is 0 Å². The van der Waals surface area contributed by atoms with Crippen molar-refractivity contribution in [1.29, 1.82) is 0 Å². The van der Waals surface area contributed by atoms with E-state index < -0.39 is 0 Å². The van der Waals surface area contributed by atoms with Gasteiger partial charge in [-0.05, 0) is 142 Å². The van der Waals surface area contributed by atoms with Gasteiger partial charge in [0.05, 0.1) is 22.8 Å². The number of rotatable bonds is 4. The average Bonchev–Trinajstić information content (AvgIpc) is 3.98. The summed E-state index contributed by atoms with van der Waals surface area (Å²) in [6.07, 6.45) is 19.3. The van der Waals surface area contributed by atoms with Crippen LogP contribution in [-0.4, -0.2) is 34.9 Å². The van der Waals surface area contributed by atoms with Crippen molar-refractivity contribution in [2.75, 3.05) is 0 Å². The number of halogens is 1. The lowest BCUT2D eigenvalue weighted by molar-refractivity contribution is 1.29. The molecule has 6 aromatic heterocycles. The second-order valence-electron chi connectivity index (χ2n) is 11.7. The quantitative estimate of drug-likeness (QED) is 0.175. The van der Waals surface area contributed by atoms with Crippen molar-refractivity contribution in [3.8, 4) is 44.5 Å². The summed E-state index contributed by atoms with van der Waals surface area (Å²) in [7, 11) is 0. The summed E-state index contributed by atoms with van der Waals surface area (Å²) < 4.78 is 1.17. The zero-order valence-corrected chi connectivity index (χ0v) is 28.1. The lowest BCUT2D eigenvalue weighted by Gasteiger charge is -2.07. The molecule has 9 rings (SSSR count). The van der Waals surface area contributed by atoms with Gasteiger partial charge in [0.25, 0.3) is 0 Å². The number of hydrogen-bond donors (Lipinski definition) is 2. The molecule has 8 heterocycles. The number of benzene rings is 1. The second kappa shape index (κ2) is 12.2. The summed E-state index contributed by atoms with van der Waals surface area (Å²) in [5.74, 6) is 0. The van der Waals surface area contributed by atoms with E-state index in [0.29, 0.717) is 0 Å². The predicted octanol–water partition coefficient (Wildman–Crippen LogP) is 10.1. The Morgan fingerprint density at radius 1 is 0.347 bits per heavy atom. The van der Waals surface area contributed by atoms with E-state index in [2.05, 4.69) is 120 Å². The van der Waals surface area contributed by atoms with Gasteiger partial charge in [-0.2, -0.15) is 0 Å². The molecule has 8 heteroatoms. The molecule has 0 saturated carbocycles. The molecule has 7 nitrogen and oxygen atoms in total. The van der Waals surface area contributed by atoms with Gasteiger partial charge in [0.2, 0.25) is 0 Å². The van der Waals surface area contributed by atoms with Crippen LogP contribution < -0.4 is 0 Å². The number of H-pyrrole nitrogens is 2. The second-order valence-corrected chi connectivity index (χ2v) is 13.0. The molecule has 2 aliphatic rings. The van der Waals surface area contributed by atoms with Gasteiger partial charge in [-0.1, -0.05) is 12.1 Å². The first-order chi connectivity index (χ1) is 24.2. The van der Waals surface area contributed by atoms with E-state index >= 15 is 0 Å². The van der Waals surface area contributed by atoms with Gasteiger partial charge >= 0.3 is 0 Å². The van der Waals surface area contributed by atoms with Gasteiger partial charge < -0.3 is 9.97 Å². The SMILES string of the molecule is Ic1ccc(-c2c3nc(c(-c4ccncc4)c4ccc([nH]4)c(-c4ccncc4)c4nc(c(-c5ccncc5)c5ccc2[nH]5)C=C4)C=C3)cc1. The average molecular weight is 744 g/mol. The van der Waals surface area contributed by atoms with Gasteiger partial charge in [-0.3, -0.25) is 15.0 Å². The van der Waals surface area contributed by atoms with Crippen molar-refractivity contribution >= 4 is 69.0 Å². The Kier molecular flexibility index (Phi) is 7.27. The van der Waals surface area contributed by atoms with Gasteiger partial charge in [-0.25, -0.2) is 9.97 Å². The molecule has 0 unspecified atom stereocenters. The largest absolute Gasteiger partial charge is 0.354 e. The van der Waals surface area contributed by atoms with Gasteiger partial charge in [0, 0.05) is 85.1 Å². The standard InChI is InChI=1S/C41H26IN7/c42-29-3-1-25(2-4-29)38-30-5-7-32(46-30)39(26-13-19-43-20-14-26)34-9-11-36(48-34)41(28-17-23-45-24-18-28)37-12-10-35(49-37)40(27-15-21-44-22-16-27)33-8-6-31(38)47-33/h1-24,46,49H. The molecule has 0 radical (unpaired) electrons. The highest BCUT2D eigenvalue weighted by atomic mass is 127. The van der Waals surface area contributed by atoms with Crippen LogP contribution in [0, 0.1) is 3.57 Å². The monoisotopic (exact) mass is 743 g/mol. The number of nitrogens with one attached hydrogen (secondary N) is 2. The van der Waals surface area contributed by atoms with Crippen LogP contribution in [0.15, 0.2) is 122 Å². The first-order valence-corrected chi connectivity index (χ1v) is 16.9. The van der Waals surface area contributed by atoms with Crippen LogP contribution in [0.1, 0.15) is 22.8 Å². The van der Waals surface area contributed by atoms with E-state index in [-0.39, 0.29) is 0 Å². The van der Waals surface area contributed by atoms with E-state index in [4.69, 9.17) is 9.97 Å². The fourth-order valence-corrected chi connectivity index (χ4v) is 6.95. The van der Waals surface area contributed by atoms with Crippen LogP contribution >= 0.6 is 22.6 Å². The van der Waals surface area contributed by atoms with E-state index in [0.717, 1.165) is 89.4 Å². The maximum atomic E-state index is 5.33. The minimum absolute atomic E-state index is 0.852. The third-order valence-electron chi connectivity index (χ3n) is 8.79. The third kappa shape index (κ3) is 5.36. The zero-order chi connectivity index (χ0) is 32.7. The minimum atomic E-state index is 0.852. The van der Waals surface area contributed by atoms with Gasteiger partial charge in [0.1, 0.15) is 0 Å². The van der Waals surface area contributed by atoms with E-state index in [1.165, 1.54) is 3.57 Å². The summed E-state index contributed by atoms with van der Waals surface area (Å²) in [6, 6.07) is 29.2. The Bertz CT molecular complexity index is 2550. The first-order valence-electron chi connectivity index (χ1n) is 15.8. The highest BCUT2D eigenvalue weighted by Gasteiger charge is 2.18. The lowest BCUT2D eigenvalue weighted by Crippen LogP contribution is -1.90. The smallest absolute Gasteiger partial charge is 0.0737 e. The summed E-state index contributed by atoms with van der Waals surface area (Å²) in [6.45, 7) is 0. The molecule has 0 fully saturated rings. The molecule has 0 amide bonds. The van der Waals surface area contributed by atoms with Crippen molar-refractivity contribution in [2.45, 2.75) is 0 Å². The minimum Gasteiger partial charge on any atom is -0.354 e. The zero-order valence-electron chi connectivity index (χ0n) is 26.0. The van der Waals surface area contributed by atoms with Crippen molar-refractivity contribution in [2.24, 2.45) is 0 Å². The van der Waals surface area contributed by atoms with Crippen molar-refractivity contribution in [3.05, 3.63) is 148 Å². The van der Waals surface area contributed by atoms with Crippen molar-refractivity contribution in [1.82, 2.24) is 34.9 Å². The van der Waals surface area contributed by atoms with Crippen LogP contribution in [0.3, 0.4) is 0 Å². The fraction of sp³-hybridized carbons (Fsp3) is 0. The number of pyridine rings is 3. The van der Waals surface area contributed by atoms with Gasteiger partial charge in [0.15, 0.2) is 0 Å². The molecule has 2 N–H and O–H groups in total. The summed E-state index contributed by atoms with van der Waals surface area (Å²) in [5.41, 5.74) is 15.3. The molecule has 0 spiro atoms. The van der Waals surface area contributed by atoms with Crippen molar-refractivity contribution < 1.29 is 0 Å². The van der Waals surface area contributed by atoms with Crippen molar-refractivity contribution in [3.63, 3.8) is 0 Å². The molecule has 49 heavy (non-hydrogen) atoms. The lowest BCUT2D eigenvalue weighted by atomic mass is 10.0. The Morgan fingerprint density at radius 2 is 0.633 bits per heavy atom.